The SMILES string of the molecule is CC(C)(C)C1=C(n2cncn2)C(c2ccc(Cl)cc2)SC(N)=N1.Cl. The van der Waals surface area contributed by atoms with Crippen molar-refractivity contribution in [2.75, 3.05) is 0 Å². The van der Waals surface area contributed by atoms with Gasteiger partial charge in [-0.05, 0) is 17.7 Å². The number of aromatic nitrogens is 3. The van der Waals surface area contributed by atoms with Gasteiger partial charge >= 0.3 is 0 Å². The monoisotopic (exact) mass is 383 g/mol. The second-order valence-electron chi connectivity index (χ2n) is 6.32. The van der Waals surface area contributed by atoms with Crippen LogP contribution in [-0.2, 0) is 0 Å². The largest absolute Gasteiger partial charge is 0.378 e. The van der Waals surface area contributed by atoms with E-state index < -0.39 is 0 Å². The Labute approximate surface area is 156 Å². The molecule has 0 radical (unpaired) electrons. The van der Waals surface area contributed by atoms with E-state index in [1.165, 1.54) is 18.1 Å². The summed E-state index contributed by atoms with van der Waals surface area (Å²) in [4.78, 5) is 8.69. The Morgan fingerprint density at radius 3 is 2.42 bits per heavy atom. The Morgan fingerprint density at radius 1 is 1.21 bits per heavy atom. The average Bonchev–Trinajstić information content (AvgIpc) is 3.00. The number of nitrogens with two attached hydrogens (primary N) is 1. The minimum absolute atomic E-state index is 0. The van der Waals surface area contributed by atoms with Gasteiger partial charge in [0, 0.05) is 10.4 Å². The van der Waals surface area contributed by atoms with Crippen LogP contribution in [0, 0.1) is 5.41 Å². The molecule has 0 amide bonds. The maximum atomic E-state index is 6.10. The van der Waals surface area contributed by atoms with Crippen molar-refractivity contribution >= 4 is 46.6 Å². The highest BCUT2D eigenvalue weighted by molar-refractivity contribution is 8.14. The Kier molecular flexibility index (Phi) is 5.63. The lowest BCUT2D eigenvalue weighted by Gasteiger charge is -2.31. The molecule has 0 spiro atoms. The molecular weight excluding hydrogens is 365 g/mol. The third kappa shape index (κ3) is 3.77. The number of hydrogen-bond acceptors (Lipinski definition) is 5. The number of amidine groups is 1. The van der Waals surface area contributed by atoms with Crippen LogP contribution < -0.4 is 5.73 Å². The summed E-state index contributed by atoms with van der Waals surface area (Å²) < 4.78 is 1.78. The summed E-state index contributed by atoms with van der Waals surface area (Å²) in [7, 11) is 0. The highest BCUT2D eigenvalue weighted by Crippen LogP contribution is 2.47. The van der Waals surface area contributed by atoms with E-state index in [0.717, 1.165) is 17.0 Å². The van der Waals surface area contributed by atoms with Crippen molar-refractivity contribution in [1.82, 2.24) is 14.8 Å². The zero-order valence-electron chi connectivity index (χ0n) is 13.6. The first-order chi connectivity index (χ1) is 10.9. The predicted octanol–water partition coefficient (Wildman–Crippen LogP) is 4.37. The fourth-order valence-electron chi connectivity index (χ4n) is 2.47. The molecular formula is C16H19Cl2N5S. The molecule has 1 aliphatic rings. The van der Waals surface area contributed by atoms with E-state index >= 15 is 0 Å². The summed E-state index contributed by atoms with van der Waals surface area (Å²) in [5, 5.41) is 5.57. The number of rotatable bonds is 2. The van der Waals surface area contributed by atoms with Crippen LogP contribution in [0.4, 0.5) is 0 Å². The molecule has 0 saturated carbocycles. The van der Waals surface area contributed by atoms with Gasteiger partial charge in [0.05, 0.1) is 16.6 Å². The maximum absolute atomic E-state index is 6.10. The minimum atomic E-state index is -0.169. The van der Waals surface area contributed by atoms with Crippen molar-refractivity contribution in [3.8, 4) is 0 Å². The van der Waals surface area contributed by atoms with Crippen LogP contribution in [0.3, 0.4) is 0 Å². The third-order valence-electron chi connectivity index (χ3n) is 3.50. The third-order valence-corrected chi connectivity index (χ3v) is 4.82. The number of allylic oxidation sites excluding steroid dienone is 1. The molecule has 0 aliphatic carbocycles. The van der Waals surface area contributed by atoms with Crippen molar-refractivity contribution in [2.45, 2.75) is 26.0 Å². The molecule has 2 N–H and O–H groups in total. The summed E-state index contributed by atoms with van der Waals surface area (Å²) in [6, 6.07) is 7.79. The lowest BCUT2D eigenvalue weighted by molar-refractivity contribution is 0.494. The van der Waals surface area contributed by atoms with Gasteiger partial charge < -0.3 is 5.73 Å². The van der Waals surface area contributed by atoms with Gasteiger partial charge in [-0.25, -0.2) is 14.7 Å². The zero-order chi connectivity index (χ0) is 16.6. The molecule has 1 aromatic heterocycles. The van der Waals surface area contributed by atoms with Crippen LogP contribution in [0.5, 0.6) is 0 Å². The molecule has 8 heteroatoms. The molecule has 128 valence electrons. The van der Waals surface area contributed by atoms with Crippen molar-refractivity contribution < 1.29 is 0 Å². The lowest BCUT2D eigenvalue weighted by atomic mass is 9.89. The van der Waals surface area contributed by atoms with Crippen LogP contribution >= 0.6 is 35.8 Å². The van der Waals surface area contributed by atoms with Crippen LogP contribution in [0.25, 0.3) is 5.70 Å². The second-order valence-corrected chi connectivity index (χ2v) is 7.89. The maximum Gasteiger partial charge on any atom is 0.159 e. The van der Waals surface area contributed by atoms with Gasteiger partial charge in [0.25, 0.3) is 0 Å². The number of thioether (sulfide) groups is 1. The van der Waals surface area contributed by atoms with Gasteiger partial charge in [0.1, 0.15) is 12.7 Å². The van der Waals surface area contributed by atoms with E-state index in [9.17, 15) is 0 Å². The zero-order valence-corrected chi connectivity index (χ0v) is 16.0. The molecule has 3 rings (SSSR count). The van der Waals surface area contributed by atoms with Crippen LogP contribution in [0.15, 0.2) is 47.6 Å². The number of hydrogen-bond donors (Lipinski definition) is 1. The van der Waals surface area contributed by atoms with Crippen molar-refractivity contribution in [1.29, 1.82) is 0 Å². The van der Waals surface area contributed by atoms with Crippen LogP contribution in [0.2, 0.25) is 5.02 Å². The van der Waals surface area contributed by atoms with Gasteiger partial charge in [-0.2, -0.15) is 5.10 Å². The molecule has 2 heterocycles. The quantitative estimate of drug-likeness (QED) is 0.835. The van der Waals surface area contributed by atoms with E-state index in [1.807, 2.05) is 24.3 Å². The van der Waals surface area contributed by atoms with Crippen LogP contribution in [-0.4, -0.2) is 19.9 Å². The van der Waals surface area contributed by atoms with E-state index in [2.05, 4.69) is 35.8 Å². The molecule has 24 heavy (non-hydrogen) atoms. The number of halogens is 2. The second kappa shape index (κ2) is 7.17. The van der Waals surface area contributed by atoms with Crippen molar-refractivity contribution in [3.05, 3.63) is 53.2 Å². The summed E-state index contributed by atoms with van der Waals surface area (Å²) >= 11 is 7.53. The van der Waals surface area contributed by atoms with Gasteiger partial charge in [0.2, 0.25) is 0 Å². The molecule has 0 bridgehead atoms. The standard InChI is InChI=1S/C16H18ClN5S.ClH/c1-16(2,3)14-12(22-9-19-8-20-22)13(23-15(18)21-14)10-4-6-11(17)7-5-10;/h4-9,13H,1-3H3,(H2,18,21);1H. The molecule has 5 nitrogen and oxygen atoms in total. The molecule has 1 unspecified atom stereocenters. The summed E-state index contributed by atoms with van der Waals surface area (Å²) in [6.07, 6.45) is 3.22. The number of nitrogens with zero attached hydrogens (tertiary/aromatic N) is 4. The van der Waals surface area contributed by atoms with Crippen LogP contribution in [0.1, 0.15) is 31.6 Å². The van der Waals surface area contributed by atoms with E-state index in [1.54, 1.807) is 11.0 Å². The average molecular weight is 384 g/mol. The summed E-state index contributed by atoms with van der Waals surface area (Å²) in [5.74, 6) is 0. The fourth-order valence-corrected chi connectivity index (χ4v) is 3.61. The van der Waals surface area contributed by atoms with E-state index in [-0.39, 0.29) is 23.1 Å². The van der Waals surface area contributed by atoms with Gasteiger partial charge in [-0.3, -0.25) is 0 Å². The predicted molar refractivity (Wildman–Crippen MR) is 103 cm³/mol. The van der Waals surface area contributed by atoms with Crippen molar-refractivity contribution in [3.63, 3.8) is 0 Å². The molecule has 1 aromatic carbocycles. The Bertz CT molecular complexity index is 761. The first-order valence-corrected chi connectivity index (χ1v) is 8.48. The fraction of sp³-hybridized carbons (Fsp3) is 0.312. The lowest BCUT2D eigenvalue weighted by Crippen LogP contribution is -2.24. The number of benzene rings is 1. The first-order valence-electron chi connectivity index (χ1n) is 7.22. The van der Waals surface area contributed by atoms with Gasteiger partial charge in [0.15, 0.2) is 5.17 Å². The molecule has 0 saturated heterocycles. The normalized spacial score (nSPS) is 18.2. The molecule has 1 aliphatic heterocycles. The topological polar surface area (TPSA) is 69.1 Å². The number of aliphatic imine (C=N–C) groups is 1. The smallest absolute Gasteiger partial charge is 0.159 e. The van der Waals surface area contributed by atoms with E-state index in [4.69, 9.17) is 17.3 Å². The Morgan fingerprint density at radius 2 is 1.88 bits per heavy atom. The van der Waals surface area contributed by atoms with Gasteiger partial charge in [-0.1, -0.05) is 56.3 Å². The molecule has 2 aromatic rings. The molecule has 0 fully saturated rings. The highest BCUT2D eigenvalue weighted by atomic mass is 35.5. The van der Waals surface area contributed by atoms with Crippen molar-refractivity contribution in [2.24, 2.45) is 16.1 Å². The Hall–Kier alpha value is -1.50. The van der Waals surface area contributed by atoms with E-state index in [0.29, 0.717) is 10.2 Å². The Balaban J connectivity index is 0.00000208. The molecule has 1 atom stereocenters. The van der Waals surface area contributed by atoms with Gasteiger partial charge in [-0.15, -0.1) is 12.4 Å². The summed E-state index contributed by atoms with van der Waals surface area (Å²) in [5.41, 5.74) is 8.93. The summed E-state index contributed by atoms with van der Waals surface area (Å²) in [6.45, 7) is 6.35. The minimum Gasteiger partial charge on any atom is -0.378 e. The highest BCUT2D eigenvalue weighted by Gasteiger charge is 2.33. The first kappa shape index (κ1) is 18.8.